The molecule has 0 spiro atoms. The lowest BCUT2D eigenvalue weighted by Crippen LogP contribution is -2.63. The second kappa shape index (κ2) is 15.3. The fourth-order valence-corrected chi connectivity index (χ4v) is 3.91. The average Bonchev–Trinajstić information content (AvgIpc) is 2.85. The molecule has 0 aromatic carbocycles. The number of nitrogens with zero attached hydrogens (tertiary/aromatic N) is 4. The van der Waals surface area contributed by atoms with E-state index in [1.807, 2.05) is 0 Å². The third-order valence-electron chi connectivity index (χ3n) is 6.47. The van der Waals surface area contributed by atoms with Gasteiger partial charge >= 0.3 is 23.9 Å². The van der Waals surface area contributed by atoms with Gasteiger partial charge in [0.05, 0.1) is 39.0 Å². The Kier molecular flexibility index (Phi) is 13.2. The maximum atomic E-state index is 12.6. The zero-order valence-corrected chi connectivity index (χ0v) is 23.1. The molecular formula is C22H33ClN6O12. The van der Waals surface area contributed by atoms with E-state index in [-0.39, 0.29) is 38.6 Å². The fourth-order valence-electron chi connectivity index (χ4n) is 3.91. The smallest absolute Gasteiger partial charge is 0.325 e. The number of carbonyl (C=O) groups excluding carboxylic acids is 6. The van der Waals surface area contributed by atoms with Crippen LogP contribution in [0.3, 0.4) is 0 Å². The van der Waals surface area contributed by atoms with Gasteiger partial charge in [-0.25, -0.2) is 9.80 Å². The monoisotopic (exact) mass is 608 g/mol. The number of hydrogen-bond donors (Lipinski definition) is 4. The van der Waals surface area contributed by atoms with Gasteiger partial charge in [0.25, 0.3) is 0 Å². The number of imide groups is 2. The lowest BCUT2D eigenvalue weighted by molar-refractivity contribution is -0.169. The molecule has 2 fully saturated rings. The highest BCUT2D eigenvalue weighted by atomic mass is 35.5. The Morgan fingerprint density at radius 2 is 0.951 bits per heavy atom. The van der Waals surface area contributed by atoms with Gasteiger partial charge in [0, 0.05) is 12.1 Å². The second-order valence-corrected chi connectivity index (χ2v) is 9.32. The zero-order valence-electron chi connectivity index (χ0n) is 22.3. The van der Waals surface area contributed by atoms with E-state index in [1.165, 1.54) is 9.80 Å². The van der Waals surface area contributed by atoms with Gasteiger partial charge in [0.15, 0.2) is 13.5 Å². The number of nitrogens with two attached hydrogens (primary N) is 2. The van der Waals surface area contributed by atoms with Crippen molar-refractivity contribution in [2.45, 2.75) is 50.9 Å². The molecule has 0 unspecified atom stereocenters. The average molecular weight is 609 g/mol. The molecule has 2 saturated heterocycles. The lowest BCUT2D eigenvalue weighted by Gasteiger charge is -2.43. The Balaban J connectivity index is 0.00000840. The SMILES string of the molecule is C[C@H]([C@H](C)N1CC(=O)N(COC(=O)[C@@H](N)CC(=O)O)C(=O)C1)N1CC(=O)N(COC(=O)[C@@H](N)CC(=O)O)C(=O)C1.Cl. The van der Waals surface area contributed by atoms with Crippen molar-refractivity contribution in [2.75, 3.05) is 39.6 Å². The number of ether oxygens (including phenoxy) is 2. The highest BCUT2D eigenvalue weighted by Crippen LogP contribution is 2.18. The summed E-state index contributed by atoms with van der Waals surface area (Å²) in [7, 11) is 0. The van der Waals surface area contributed by atoms with Crippen molar-refractivity contribution in [2.24, 2.45) is 11.5 Å². The normalized spacial score (nSPS) is 19.6. The van der Waals surface area contributed by atoms with Crippen LogP contribution < -0.4 is 11.5 Å². The number of esters is 2. The minimum absolute atomic E-state index is 0. The van der Waals surface area contributed by atoms with Crippen molar-refractivity contribution in [3.63, 3.8) is 0 Å². The third-order valence-corrected chi connectivity index (χ3v) is 6.47. The number of halogens is 1. The van der Waals surface area contributed by atoms with Gasteiger partial charge in [0.1, 0.15) is 12.1 Å². The number of carbonyl (C=O) groups is 8. The van der Waals surface area contributed by atoms with E-state index in [1.54, 1.807) is 13.8 Å². The van der Waals surface area contributed by atoms with E-state index < -0.39 is 98.0 Å². The predicted molar refractivity (Wildman–Crippen MR) is 135 cm³/mol. The molecule has 0 aromatic heterocycles. The molecule has 2 heterocycles. The van der Waals surface area contributed by atoms with Crippen molar-refractivity contribution in [1.29, 1.82) is 0 Å². The molecule has 6 N–H and O–H groups in total. The maximum Gasteiger partial charge on any atom is 0.325 e. The highest BCUT2D eigenvalue weighted by Gasteiger charge is 2.40. The summed E-state index contributed by atoms with van der Waals surface area (Å²) in [6.45, 7) is 0.956. The Morgan fingerprint density at radius 3 is 1.20 bits per heavy atom. The lowest BCUT2D eigenvalue weighted by atomic mass is 10.1. The molecule has 41 heavy (non-hydrogen) atoms. The van der Waals surface area contributed by atoms with Crippen LogP contribution in [0.25, 0.3) is 0 Å². The summed E-state index contributed by atoms with van der Waals surface area (Å²) in [4.78, 5) is 99.8. The topological polar surface area (TPSA) is 260 Å². The van der Waals surface area contributed by atoms with E-state index in [0.29, 0.717) is 9.80 Å². The van der Waals surface area contributed by atoms with Crippen LogP contribution >= 0.6 is 12.4 Å². The standard InChI is InChI=1S/C22H32N6O12.ClH/c1-11(25-5-15(29)27(16(30)6-25)9-39-21(37)13(23)3-19(33)34)12(2)26-7-17(31)28(18(32)8-26)10-40-22(38)14(24)4-20(35)36;/h11-14H,3-10,23-24H2,1-2H3,(H,33,34)(H,35,36);1H/t11-,12+,13-,14-;/m0./s1. The summed E-state index contributed by atoms with van der Waals surface area (Å²) in [6.07, 6.45) is -1.37. The van der Waals surface area contributed by atoms with Crippen LogP contribution in [-0.2, 0) is 47.8 Å². The van der Waals surface area contributed by atoms with E-state index in [2.05, 4.69) is 0 Å². The van der Waals surface area contributed by atoms with Crippen LogP contribution in [0.4, 0.5) is 0 Å². The maximum absolute atomic E-state index is 12.6. The van der Waals surface area contributed by atoms with E-state index >= 15 is 0 Å². The van der Waals surface area contributed by atoms with Crippen molar-refractivity contribution in [3.8, 4) is 0 Å². The summed E-state index contributed by atoms with van der Waals surface area (Å²) in [5.41, 5.74) is 10.8. The number of piperazine rings is 2. The molecule has 0 bridgehead atoms. The Hall–Kier alpha value is -3.71. The number of hydrogen-bond acceptors (Lipinski definition) is 14. The van der Waals surface area contributed by atoms with E-state index in [4.69, 9.17) is 31.2 Å². The summed E-state index contributed by atoms with van der Waals surface area (Å²) in [6, 6.07) is -3.92. The molecule has 4 atom stereocenters. The van der Waals surface area contributed by atoms with Gasteiger partial charge in [-0.2, -0.15) is 0 Å². The first-order chi connectivity index (χ1) is 18.6. The van der Waals surface area contributed by atoms with Gasteiger partial charge in [-0.1, -0.05) is 0 Å². The molecule has 2 rings (SSSR count). The largest absolute Gasteiger partial charge is 0.481 e. The summed E-state index contributed by atoms with van der Waals surface area (Å²) in [5, 5.41) is 17.4. The molecule has 0 aliphatic carbocycles. The summed E-state index contributed by atoms with van der Waals surface area (Å²) < 4.78 is 9.62. The molecule has 230 valence electrons. The Morgan fingerprint density at radius 1 is 0.683 bits per heavy atom. The molecule has 0 saturated carbocycles. The predicted octanol–water partition coefficient (Wildman–Crippen LogP) is -3.87. The van der Waals surface area contributed by atoms with Crippen molar-refractivity contribution < 1.29 is 58.0 Å². The molecule has 2 aliphatic rings. The van der Waals surface area contributed by atoms with Crippen LogP contribution in [0.15, 0.2) is 0 Å². The Labute approximate surface area is 239 Å². The van der Waals surface area contributed by atoms with Crippen molar-refractivity contribution >= 4 is 59.9 Å². The molecule has 19 heteroatoms. The number of amides is 4. The summed E-state index contributed by atoms with van der Waals surface area (Å²) in [5.74, 6) is -7.55. The molecule has 0 aromatic rings. The summed E-state index contributed by atoms with van der Waals surface area (Å²) >= 11 is 0. The van der Waals surface area contributed by atoms with Gasteiger partial charge in [-0.05, 0) is 13.8 Å². The van der Waals surface area contributed by atoms with Gasteiger partial charge < -0.3 is 31.2 Å². The quantitative estimate of drug-likeness (QED) is 0.115. The van der Waals surface area contributed by atoms with Crippen LogP contribution in [0.1, 0.15) is 26.7 Å². The minimum Gasteiger partial charge on any atom is -0.481 e. The first kappa shape index (κ1) is 35.3. The van der Waals surface area contributed by atoms with Crippen molar-refractivity contribution in [3.05, 3.63) is 0 Å². The molecule has 4 amide bonds. The van der Waals surface area contributed by atoms with E-state index in [9.17, 15) is 38.4 Å². The number of aliphatic carboxylic acids is 2. The van der Waals surface area contributed by atoms with Crippen molar-refractivity contribution in [1.82, 2.24) is 19.6 Å². The molecule has 0 radical (unpaired) electrons. The first-order valence-corrected chi connectivity index (χ1v) is 12.0. The fraction of sp³-hybridized carbons (Fsp3) is 0.636. The van der Waals surface area contributed by atoms with Crippen LogP contribution in [0.5, 0.6) is 0 Å². The second-order valence-electron chi connectivity index (χ2n) is 9.32. The van der Waals surface area contributed by atoms with Gasteiger partial charge in [0.2, 0.25) is 23.6 Å². The minimum atomic E-state index is -1.46. The molecule has 18 nitrogen and oxygen atoms in total. The highest BCUT2D eigenvalue weighted by molar-refractivity contribution is 6.00. The number of carboxylic acids is 2. The van der Waals surface area contributed by atoms with Crippen LogP contribution in [-0.4, -0.2) is 141 Å². The third kappa shape index (κ3) is 9.71. The number of rotatable bonds is 13. The molecule has 2 aliphatic heterocycles. The van der Waals surface area contributed by atoms with Gasteiger partial charge in [-0.3, -0.25) is 48.2 Å². The Bertz CT molecular complexity index is 956. The zero-order chi connectivity index (χ0) is 30.3. The molecular weight excluding hydrogens is 576 g/mol. The number of carboxylic acid groups (broad SMARTS) is 2. The van der Waals surface area contributed by atoms with Crippen LogP contribution in [0.2, 0.25) is 0 Å². The van der Waals surface area contributed by atoms with Crippen LogP contribution in [0, 0.1) is 0 Å². The van der Waals surface area contributed by atoms with Gasteiger partial charge in [-0.15, -0.1) is 12.4 Å². The van der Waals surface area contributed by atoms with E-state index in [0.717, 1.165) is 0 Å². The first-order valence-electron chi connectivity index (χ1n) is 12.0.